The van der Waals surface area contributed by atoms with Crippen molar-refractivity contribution in [2.24, 2.45) is 0 Å². The van der Waals surface area contributed by atoms with E-state index in [1.54, 1.807) is 30.6 Å². The summed E-state index contributed by atoms with van der Waals surface area (Å²) in [5, 5.41) is 9.80. The van der Waals surface area contributed by atoms with Gasteiger partial charge in [0.25, 0.3) is 0 Å². The van der Waals surface area contributed by atoms with E-state index in [1.165, 1.54) is 13.2 Å². The van der Waals surface area contributed by atoms with Crippen LogP contribution in [0.1, 0.15) is 10.4 Å². The normalized spacial score (nSPS) is 10.5. The maximum absolute atomic E-state index is 11.3. The number of nitrogens with zero attached hydrogens (tertiary/aromatic N) is 2. The molecule has 2 aromatic heterocycles. The van der Waals surface area contributed by atoms with Gasteiger partial charge >= 0.3 is 5.97 Å². The average molecular weight is 280 g/mol. The lowest BCUT2D eigenvalue weighted by Crippen LogP contribution is -2.00. The van der Waals surface area contributed by atoms with Crippen molar-refractivity contribution in [3.05, 3.63) is 54.4 Å². The molecule has 104 valence electrons. The van der Waals surface area contributed by atoms with E-state index < -0.39 is 5.97 Å². The van der Waals surface area contributed by atoms with Crippen LogP contribution < -0.4 is 4.74 Å². The van der Waals surface area contributed by atoms with Gasteiger partial charge in [0, 0.05) is 23.3 Å². The molecule has 0 saturated heterocycles. The number of rotatable bonds is 3. The number of aromatic nitrogens is 2. The van der Waals surface area contributed by atoms with Crippen LogP contribution in [0.2, 0.25) is 0 Å². The average Bonchev–Trinajstić information content (AvgIpc) is 2.54. The van der Waals surface area contributed by atoms with Crippen LogP contribution in [-0.2, 0) is 0 Å². The molecule has 1 aromatic carbocycles. The Morgan fingerprint density at radius 3 is 2.71 bits per heavy atom. The molecule has 0 saturated carbocycles. The maximum atomic E-state index is 11.3. The Morgan fingerprint density at radius 1 is 1.19 bits per heavy atom. The van der Waals surface area contributed by atoms with Gasteiger partial charge in [-0.1, -0.05) is 0 Å². The minimum absolute atomic E-state index is 0.205. The van der Waals surface area contributed by atoms with E-state index in [9.17, 15) is 9.90 Å². The third-order valence-electron chi connectivity index (χ3n) is 3.23. The second-order valence-corrected chi connectivity index (χ2v) is 4.45. The molecule has 0 radical (unpaired) electrons. The number of hydrogen-bond acceptors (Lipinski definition) is 4. The number of pyridine rings is 2. The summed E-state index contributed by atoms with van der Waals surface area (Å²) in [5.74, 6) is -0.445. The van der Waals surface area contributed by atoms with E-state index in [4.69, 9.17) is 4.74 Å². The van der Waals surface area contributed by atoms with E-state index in [0.29, 0.717) is 16.7 Å². The molecule has 0 amide bonds. The third-order valence-corrected chi connectivity index (χ3v) is 3.23. The van der Waals surface area contributed by atoms with Gasteiger partial charge in [0.1, 0.15) is 11.3 Å². The van der Waals surface area contributed by atoms with Crippen molar-refractivity contribution in [3.63, 3.8) is 0 Å². The molecule has 5 nitrogen and oxygen atoms in total. The Hall–Kier alpha value is -2.95. The highest BCUT2D eigenvalue weighted by atomic mass is 16.5. The van der Waals surface area contributed by atoms with Crippen molar-refractivity contribution in [1.29, 1.82) is 0 Å². The minimum Gasteiger partial charge on any atom is -0.494 e. The largest absolute Gasteiger partial charge is 0.494 e. The van der Waals surface area contributed by atoms with E-state index in [2.05, 4.69) is 9.97 Å². The predicted octanol–water partition coefficient (Wildman–Crippen LogP) is 3.00. The molecule has 0 spiro atoms. The summed E-state index contributed by atoms with van der Waals surface area (Å²) >= 11 is 0. The molecule has 0 aliphatic heterocycles. The zero-order valence-electron chi connectivity index (χ0n) is 11.3. The standard InChI is InChI=1S/C16H12N2O3/c1-21-14-7-5-12(16(19)20)11-4-6-13(18-15(11)14)10-3-2-8-17-9-10/h2-9H,1H3,(H,19,20). The van der Waals surface area contributed by atoms with Crippen molar-refractivity contribution in [2.45, 2.75) is 0 Å². The fourth-order valence-electron chi connectivity index (χ4n) is 2.22. The summed E-state index contributed by atoms with van der Waals surface area (Å²) in [5.41, 5.74) is 2.31. The first-order valence-corrected chi connectivity index (χ1v) is 6.32. The number of carboxylic acid groups (broad SMARTS) is 1. The lowest BCUT2D eigenvalue weighted by atomic mass is 10.1. The van der Waals surface area contributed by atoms with Crippen LogP contribution in [0, 0.1) is 0 Å². The summed E-state index contributed by atoms with van der Waals surface area (Å²) in [6.45, 7) is 0. The van der Waals surface area contributed by atoms with E-state index in [-0.39, 0.29) is 5.56 Å². The molecule has 3 rings (SSSR count). The second-order valence-electron chi connectivity index (χ2n) is 4.45. The number of carboxylic acids is 1. The lowest BCUT2D eigenvalue weighted by molar-refractivity contribution is 0.0699. The lowest BCUT2D eigenvalue weighted by Gasteiger charge is -2.09. The second kappa shape index (κ2) is 5.20. The Balaban J connectivity index is 2.28. The molecule has 2 heterocycles. The van der Waals surface area contributed by atoms with Crippen LogP contribution in [0.4, 0.5) is 0 Å². The zero-order chi connectivity index (χ0) is 14.8. The number of carbonyl (C=O) groups is 1. The van der Waals surface area contributed by atoms with Crippen LogP contribution in [0.25, 0.3) is 22.2 Å². The molecular formula is C16H12N2O3. The van der Waals surface area contributed by atoms with Crippen molar-refractivity contribution in [3.8, 4) is 17.0 Å². The highest BCUT2D eigenvalue weighted by Crippen LogP contribution is 2.29. The van der Waals surface area contributed by atoms with Crippen molar-refractivity contribution < 1.29 is 14.6 Å². The Labute approximate surface area is 120 Å². The molecule has 0 fully saturated rings. The minimum atomic E-state index is -0.987. The number of ether oxygens (including phenoxy) is 1. The van der Waals surface area contributed by atoms with Gasteiger partial charge in [-0.15, -0.1) is 0 Å². The Morgan fingerprint density at radius 2 is 2.05 bits per heavy atom. The van der Waals surface area contributed by atoms with Crippen LogP contribution in [0.15, 0.2) is 48.8 Å². The van der Waals surface area contributed by atoms with Gasteiger partial charge in [0.2, 0.25) is 0 Å². The van der Waals surface area contributed by atoms with E-state index >= 15 is 0 Å². The quantitative estimate of drug-likeness (QED) is 0.798. The molecule has 5 heteroatoms. The van der Waals surface area contributed by atoms with Gasteiger partial charge in [-0.2, -0.15) is 0 Å². The fourth-order valence-corrected chi connectivity index (χ4v) is 2.22. The van der Waals surface area contributed by atoms with Crippen LogP contribution >= 0.6 is 0 Å². The van der Waals surface area contributed by atoms with Crippen molar-refractivity contribution in [2.75, 3.05) is 7.11 Å². The van der Waals surface area contributed by atoms with Gasteiger partial charge in [0.05, 0.1) is 18.4 Å². The molecule has 1 N–H and O–H groups in total. The van der Waals surface area contributed by atoms with Gasteiger partial charge in [-0.05, 0) is 36.4 Å². The van der Waals surface area contributed by atoms with E-state index in [1.807, 2.05) is 12.1 Å². The molecule has 0 aliphatic rings. The van der Waals surface area contributed by atoms with Gasteiger partial charge in [0.15, 0.2) is 0 Å². The molecule has 0 unspecified atom stereocenters. The first-order valence-electron chi connectivity index (χ1n) is 6.32. The molecule has 0 aliphatic carbocycles. The summed E-state index contributed by atoms with van der Waals surface area (Å²) in [7, 11) is 1.54. The van der Waals surface area contributed by atoms with Gasteiger partial charge in [-0.3, -0.25) is 4.98 Å². The van der Waals surface area contributed by atoms with Crippen molar-refractivity contribution in [1.82, 2.24) is 9.97 Å². The molecule has 0 atom stereocenters. The highest BCUT2D eigenvalue weighted by Gasteiger charge is 2.14. The third kappa shape index (κ3) is 2.29. The maximum Gasteiger partial charge on any atom is 0.336 e. The van der Waals surface area contributed by atoms with Crippen LogP contribution in [0.5, 0.6) is 5.75 Å². The first-order chi connectivity index (χ1) is 10.2. The molecule has 21 heavy (non-hydrogen) atoms. The summed E-state index contributed by atoms with van der Waals surface area (Å²) in [6.07, 6.45) is 3.40. The Kier molecular flexibility index (Phi) is 3.23. The number of benzene rings is 1. The van der Waals surface area contributed by atoms with E-state index in [0.717, 1.165) is 11.3 Å². The smallest absolute Gasteiger partial charge is 0.336 e. The number of hydrogen-bond donors (Lipinski definition) is 1. The number of aromatic carboxylic acids is 1. The van der Waals surface area contributed by atoms with Gasteiger partial charge in [-0.25, -0.2) is 9.78 Å². The molecule has 3 aromatic rings. The zero-order valence-corrected chi connectivity index (χ0v) is 11.3. The monoisotopic (exact) mass is 280 g/mol. The van der Waals surface area contributed by atoms with Gasteiger partial charge < -0.3 is 9.84 Å². The van der Waals surface area contributed by atoms with Crippen LogP contribution in [-0.4, -0.2) is 28.2 Å². The highest BCUT2D eigenvalue weighted by molar-refractivity contribution is 6.04. The van der Waals surface area contributed by atoms with Crippen molar-refractivity contribution >= 4 is 16.9 Å². The molecule has 0 bridgehead atoms. The summed E-state index contributed by atoms with van der Waals surface area (Å²) in [4.78, 5) is 19.9. The topological polar surface area (TPSA) is 72.3 Å². The number of fused-ring (bicyclic) bond motifs is 1. The molecular weight excluding hydrogens is 268 g/mol. The Bertz CT molecular complexity index is 816. The first kappa shape index (κ1) is 13.1. The summed E-state index contributed by atoms with van der Waals surface area (Å²) in [6, 6.07) is 10.4. The van der Waals surface area contributed by atoms with Crippen LogP contribution in [0.3, 0.4) is 0 Å². The fraction of sp³-hybridized carbons (Fsp3) is 0.0625. The summed E-state index contributed by atoms with van der Waals surface area (Å²) < 4.78 is 5.28. The SMILES string of the molecule is COc1ccc(C(=O)O)c2ccc(-c3cccnc3)nc12. The predicted molar refractivity (Wildman–Crippen MR) is 78.5 cm³/mol. The number of methoxy groups -OCH3 is 1.